The van der Waals surface area contributed by atoms with Crippen LogP contribution in [0.1, 0.15) is 44.6 Å². The second kappa shape index (κ2) is 5.42. The summed E-state index contributed by atoms with van der Waals surface area (Å²) in [4.78, 5) is 11.3. The Morgan fingerprint density at radius 3 is 2.72 bits per heavy atom. The molecule has 1 fully saturated rings. The van der Waals surface area contributed by atoms with E-state index in [1.807, 2.05) is 18.2 Å². The van der Waals surface area contributed by atoms with E-state index in [1.54, 1.807) is 0 Å². The molecule has 18 heavy (non-hydrogen) atoms. The van der Waals surface area contributed by atoms with Crippen LogP contribution in [0, 0.1) is 5.92 Å². The molecule has 3 heteroatoms. The van der Waals surface area contributed by atoms with Crippen LogP contribution in [0.5, 0.6) is 0 Å². The van der Waals surface area contributed by atoms with Crippen molar-refractivity contribution in [2.45, 2.75) is 45.1 Å². The van der Waals surface area contributed by atoms with E-state index in [1.165, 1.54) is 0 Å². The highest BCUT2D eigenvalue weighted by Gasteiger charge is 2.34. The minimum Gasteiger partial charge on any atom is -0.481 e. The maximum absolute atomic E-state index is 11.3. The second-order valence-electron chi connectivity index (χ2n) is 5.37. The van der Waals surface area contributed by atoms with Crippen LogP contribution < -0.4 is 5.32 Å². The second-order valence-corrected chi connectivity index (χ2v) is 5.37. The van der Waals surface area contributed by atoms with Crippen LogP contribution >= 0.6 is 0 Å². The molecule has 1 aliphatic carbocycles. The molecule has 0 bridgehead atoms. The van der Waals surface area contributed by atoms with Crippen molar-refractivity contribution in [1.29, 1.82) is 0 Å². The minimum absolute atomic E-state index is 0.157. The van der Waals surface area contributed by atoms with Gasteiger partial charge in [0.1, 0.15) is 0 Å². The summed E-state index contributed by atoms with van der Waals surface area (Å²) in [6.45, 7) is 4.19. The van der Waals surface area contributed by atoms with E-state index in [-0.39, 0.29) is 11.8 Å². The number of carboxylic acids is 1. The average Bonchev–Trinajstić information content (AvgIpc) is 2.77. The fourth-order valence-electron chi connectivity index (χ4n) is 2.89. The van der Waals surface area contributed by atoms with Crippen molar-refractivity contribution >= 4 is 11.7 Å². The fourth-order valence-corrected chi connectivity index (χ4v) is 2.89. The first-order chi connectivity index (χ1) is 8.59. The van der Waals surface area contributed by atoms with Crippen LogP contribution in [0.15, 0.2) is 24.3 Å². The Kier molecular flexibility index (Phi) is 3.90. The highest BCUT2D eigenvalue weighted by molar-refractivity contribution is 5.73. The molecule has 2 rings (SSSR count). The molecule has 1 aromatic carbocycles. The Morgan fingerprint density at radius 1 is 1.33 bits per heavy atom. The number of para-hydroxylation sites is 1. The Bertz CT molecular complexity index is 428. The molecule has 0 amide bonds. The van der Waals surface area contributed by atoms with Gasteiger partial charge in [-0.25, -0.2) is 0 Å². The third-order valence-electron chi connectivity index (χ3n) is 3.64. The Balaban J connectivity index is 2.29. The topological polar surface area (TPSA) is 49.3 Å². The molecule has 1 aromatic rings. The van der Waals surface area contributed by atoms with Crippen molar-refractivity contribution in [2.24, 2.45) is 5.92 Å². The number of benzene rings is 1. The minimum atomic E-state index is -0.656. The smallest absolute Gasteiger partial charge is 0.307 e. The van der Waals surface area contributed by atoms with E-state index in [4.69, 9.17) is 0 Å². The van der Waals surface area contributed by atoms with Crippen LogP contribution in [-0.2, 0) is 4.79 Å². The fraction of sp³-hybridized carbons (Fsp3) is 0.533. The lowest BCUT2D eigenvalue weighted by atomic mass is 9.88. The highest BCUT2D eigenvalue weighted by atomic mass is 16.4. The summed E-state index contributed by atoms with van der Waals surface area (Å²) in [5, 5.41) is 12.7. The quantitative estimate of drug-likeness (QED) is 0.856. The zero-order valence-corrected chi connectivity index (χ0v) is 11.0. The number of rotatable bonds is 4. The largest absolute Gasteiger partial charge is 0.481 e. The zero-order valence-electron chi connectivity index (χ0n) is 11.0. The first-order valence-electron chi connectivity index (χ1n) is 6.68. The van der Waals surface area contributed by atoms with Crippen molar-refractivity contribution in [3.63, 3.8) is 0 Å². The molecule has 0 radical (unpaired) electrons. The molecule has 2 atom stereocenters. The summed E-state index contributed by atoms with van der Waals surface area (Å²) >= 11 is 0. The number of hydrogen-bond donors (Lipinski definition) is 2. The number of aliphatic carboxylic acids is 1. The summed E-state index contributed by atoms with van der Waals surface area (Å²) in [6.07, 6.45) is 2.79. The zero-order chi connectivity index (χ0) is 13.1. The van der Waals surface area contributed by atoms with Crippen LogP contribution in [0.4, 0.5) is 5.69 Å². The predicted octanol–water partition coefficient (Wildman–Crippen LogP) is 3.48. The van der Waals surface area contributed by atoms with Gasteiger partial charge >= 0.3 is 5.97 Å². The molecular weight excluding hydrogens is 226 g/mol. The van der Waals surface area contributed by atoms with Gasteiger partial charge in [-0.15, -0.1) is 0 Å². The summed E-state index contributed by atoms with van der Waals surface area (Å²) in [5.74, 6) is -0.720. The maximum Gasteiger partial charge on any atom is 0.307 e. The molecule has 0 heterocycles. The molecule has 0 saturated heterocycles. The number of carboxylic acid groups (broad SMARTS) is 1. The lowest BCUT2D eigenvalue weighted by Gasteiger charge is -2.21. The standard InChI is InChI=1S/C15H21NO2/c1-10(2)16-14-9-4-3-6-12(14)11-7-5-8-13(11)15(17)18/h3-4,6,9-11,13,16H,5,7-8H2,1-2H3,(H,17,18)/t11-,13-/m1/s1. The molecule has 3 nitrogen and oxygen atoms in total. The van der Waals surface area contributed by atoms with E-state index in [0.29, 0.717) is 6.04 Å². The van der Waals surface area contributed by atoms with E-state index < -0.39 is 5.97 Å². The van der Waals surface area contributed by atoms with Crippen molar-refractivity contribution in [3.8, 4) is 0 Å². The maximum atomic E-state index is 11.3. The van der Waals surface area contributed by atoms with Crippen molar-refractivity contribution in [3.05, 3.63) is 29.8 Å². The first kappa shape index (κ1) is 12.9. The number of nitrogens with one attached hydrogen (secondary N) is 1. The summed E-state index contributed by atoms with van der Waals surface area (Å²) in [5.41, 5.74) is 2.25. The van der Waals surface area contributed by atoms with Gasteiger partial charge in [-0.05, 0) is 44.2 Å². The number of anilines is 1. The Morgan fingerprint density at radius 2 is 2.06 bits per heavy atom. The van der Waals surface area contributed by atoms with Gasteiger partial charge in [0, 0.05) is 11.7 Å². The van der Waals surface area contributed by atoms with Gasteiger partial charge in [0.2, 0.25) is 0 Å². The third kappa shape index (κ3) is 2.66. The van der Waals surface area contributed by atoms with E-state index in [2.05, 4.69) is 25.2 Å². The molecule has 1 saturated carbocycles. The summed E-state index contributed by atoms with van der Waals surface area (Å²) in [7, 11) is 0. The van der Waals surface area contributed by atoms with Crippen LogP contribution in [0.25, 0.3) is 0 Å². The molecular formula is C15H21NO2. The van der Waals surface area contributed by atoms with Gasteiger partial charge in [0.15, 0.2) is 0 Å². The molecule has 0 aromatic heterocycles. The van der Waals surface area contributed by atoms with Crippen LogP contribution in [-0.4, -0.2) is 17.1 Å². The van der Waals surface area contributed by atoms with Crippen LogP contribution in [0.2, 0.25) is 0 Å². The SMILES string of the molecule is CC(C)Nc1ccccc1[C@H]1CCC[C@H]1C(=O)O. The van der Waals surface area contributed by atoms with Crippen LogP contribution in [0.3, 0.4) is 0 Å². The van der Waals surface area contributed by atoms with Crippen molar-refractivity contribution in [1.82, 2.24) is 0 Å². The van der Waals surface area contributed by atoms with E-state index in [9.17, 15) is 9.90 Å². The molecule has 2 N–H and O–H groups in total. The van der Waals surface area contributed by atoms with Gasteiger partial charge in [-0.1, -0.05) is 24.6 Å². The van der Waals surface area contributed by atoms with Gasteiger partial charge in [-0.3, -0.25) is 4.79 Å². The van der Waals surface area contributed by atoms with Gasteiger partial charge in [-0.2, -0.15) is 0 Å². The Hall–Kier alpha value is -1.51. The molecule has 98 valence electrons. The first-order valence-corrected chi connectivity index (χ1v) is 6.68. The molecule has 1 aliphatic rings. The van der Waals surface area contributed by atoms with Gasteiger partial charge in [0.05, 0.1) is 5.92 Å². The molecule has 0 unspecified atom stereocenters. The van der Waals surface area contributed by atoms with Gasteiger partial charge < -0.3 is 10.4 Å². The lowest BCUT2D eigenvalue weighted by molar-refractivity contribution is -0.141. The number of carbonyl (C=O) groups is 1. The van der Waals surface area contributed by atoms with Crippen molar-refractivity contribution < 1.29 is 9.90 Å². The van der Waals surface area contributed by atoms with Gasteiger partial charge in [0.25, 0.3) is 0 Å². The predicted molar refractivity (Wildman–Crippen MR) is 72.9 cm³/mol. The van der Waals surface area contributed by atoms with E-state index >= 15 is 0 Å². The number of hydrogen-bond acceptors (Lipinski definition) is 2. The lowest BCUT2D eigenvalue weighted by Crippen LogP contribution is -2.19. The third-order valence-corrected chi connectivity index (χ3v) is 3.64. The highest BCUT2D eigenvalue weighted by Crippen LogP contribution is 2.42. The van der Waals surface area contributed by atoms with Crippen molar-refractivity contribution in [2.75, 3.05) is 5.32 Å². The molecule has 0 spiro atoms. The molecule has 0 aliphatic heterocycles. The summed E-state index contributed by atoms with van der Waals surface area (Å²) in [6, 6.07) is 8.47. The average molecular weight is 247 g/mol. The monoisotopic (exact) mass is 247 g/mol. The normalized spacial score (nSPS) is 23.3. The Labute approximate surface area is 108 Å². The summed E-state index contributed by atoms with van der Waals surface area (Å²) < 4.78 is 0. The van der Waals surface area contributed by atoms with E-state index in [0.717, 1.165) is 30.5 Å².